The summed E-state index contributed by atoms with van der Waals surface area (Å²) in [6.45, 7) is 1.18. The predicted molar refractivity (Wildman–Crippen MR) is 94.6 cm³/mol. The molecule has 0 saturated carbocycles. The van der Waals surface area contributed by atoms with Crippen molar-refractivity contribution in [2.75, 3.05) is 34.2 Å². The van der Waals surface area contributed by atoms with E-state index in [1.54, 1.807) is 38.2 Å². The smallest absolute Gasteiger partial charge is 0.223 e. The maximum absolute atomic E-state index is 13.4. The molecule has 3 N–H and O–H groups in total. The normalized spacial score (nSPS) is 11.6. The molecule has 0 aliphatic rings. The molecule has 0 saturated heterocycles. The Hall–Kier alpha value is -2.57. The highest BCUT2D eigenvalue weighted by Gasteiger charge is 2.06. The number of carbonyl (C=O) groups excluding carboxylic acids is 1. The minimum Gasteiger partial charge on any atom is -0.361 e. The fourth-order valence-corrected chi connectivity index (χ4v) is 2.41. The van der Waals surface area contributed by atoms with Gasteiger partial charge in [-0.05, 0) is 30.2 Å². The molecule has 0 aliphatic heterocycles. The van der Waals surface area contributed by atoms with Gasteiger partial charge in [-0.15, -0.1) is 0 Å². The van der Waals surface area contributed by atoms with Gasteiger partial charge in [0.05, 0.1) is 0 Å². The molecule has 2 rings (SSSR count). The van der Waals surface area contributed by atoms with E-state index in [1.165, 1.54) is 6.07 Å². The molecule has 0 spiro atoms. The summed E-state index contributed by atoms with van der Waals surface area (Å²) >= 11 is 0. The Labute approximate surface area is 141 Å². The molecule has 2 aromatic rings. The second kappa shape index (κ2) is 8.33. The van der Waals surface area contributed by atoms with Crippen molar-refractivity contribution in [2.45, 2.75) is 12.8 Å². The number of H-pyrrole nitrogens is 1. The van der Waals surface area contributed by atoms with E-state index >= 15 is 0 Å². The largest absolute Gasteiger partial charge is 0.361 e. The Balaban J connectivity index is 1.81. The average Bonchev–Trinajstić information content (AvgIpc) is 2.95. The first-order valence-electron chi connectivity index (χ1n) is 7.91. The van der Waals surface area contributed by atoms with E-state index in [1.807, 2.05) is 6.20 Å². The van der Waals surface area contributed by atoms with E-state index in [0.29, 0.717) is 25.5 Å². The monoisotopic (exact) mass is 333 g/mol. The van der Waals surface area contributed by atoms with Gasteiger partial charge in [-0.1, -0.05) is 0 Å². The number of fused-ring (bicyclic) bond motifs is 1. The first-order chi connectivity index (χ1) is 11.5. The van der Waals surface area contributed by atoms with Crippen molar-refractivity contribution >= 4 is 22.8 Å². The summed E-state index contributed by atoms with van der Waals surface area (Å²) in [5, 5.41) is 7.20. The summed E-state index contributed by atoms with van der Waals surface area (Å²) in [5.41, 5.74) is 1.98. The number of carbonyl (C=O) groups is 1. The number of aromatic nitrogens is 1. The molecule has 1 aromatic heterocycles. The van der Waals surface area contributed by atoms with Crippen molar-refractivity contribution in [3.8, 4) is 0 Å². The highest BCUT2D eigenvalue weighted by atomic mass is 19.1. The van der Waals surface area contributed by atoms with Crippen molar-refractivity contribution in [2.24, 2.45) is 4.99 Å². The second-order valence-electron chi connectivity index (χ2n) is 5.72. The molecule has 6 nitrogen and oxygen atoms in total. The number of benzene rings is 1. The molecule has 0 aliphatic carbocycles. The van der Waals surface area contributed by atoms with E-state index in [-0.39, 0.29) is 11.7 Å². The molecule has 1 amide bonds. The maximum Gasteiger partial charge on any atom is 0.223 e. The summed E-state index contributed by atoms with van der Waals surface area (Å²) in [6, 6.07) is 4.73. The van der Waals surface area contributed by atoms with Gasteiger partial charge in [-0.3, -0.25) is 9.79 Å². The molecule has 1 heterocycles. The van der Waals surface area contributed by atoms with Crippen LogP contribution in [-0.2, 0) is 11.2 Å². The Morgan fingerprint density at radius 2 is 2.04 bits per heavy atom. The number of nitrogens with one attached hydrogen (secondary N) is 3. The van der Waals surface area contributed by atoms with Gasteiger partial charge < -0.3 is 20.5 Å². The van der Waals surface area contributed by atoms with E-state index < -0.39 is 0 Å². The number of nitrogens with zero attached hydrogens (tertiary/aromatic N) is 2. The van der Waals surface area contributed by atoms with Crippen LogP contribution in [0.2, 0.25) is 0 Å². The molecule has 0 atom stereocenters. The number of rotatable bonds is 6. The van der Waals surface area contributed by atoms with Crippen LogP contribution in [0.25, 0.3) is 10.9 Å². The molecule has 0 unspecified atom stereocenters. The molecule has 7 heteroatoms. The zero-order valence-electron chi connectivity index (χ0n) is 14.3. The lowest BCUT2D eigenvalue weighted by Gasteiger charge is -2.13. The zero-order valence-corrected chi connectivity index (χ0v) is 14.3. The van der Waals surface area contributed by atoms with Gasteiger partial charge in [0, 0.05) is 57.8 Å². The first-order valence-corrected chi connectivity index (χ1v) is 7.91. The van der Waals surface area contributed by atoms with Crippen molar-refractivity contribution < 1.29 is 9.18 Å². The SMILES string of the molecule is CN=C(NCCC(=O)N(C)C)NCCc1c[nH]c2ccc(F)cc12. The van der Waals surface area contributed by atoms with Crippen LogP contribution in [0.4, 0.5) is 4.39 Å². The Bertz CT molecular complexity index is 723. The van der Waals surface area contributed by atoms with Crippen LogP contribution >= 0.6 is 0 Å². The fraction of sp³-hybridized carbons (Fsp3) is 0.412. The molecule has 0 fully saturated rings. The summed E-state index contributed by atoms with van der Waals surface area (Å²) < 4.78 is 13.4. The number of hydrogen-bond acceptors (Lipinski definition) is 2. The quantitative estimate of drug-likeness (QED) is 0.554. The Kier molecular flexibility index (Phi) is 6.17. The van der Waals surface area contributed by atoms with Gasteiger partial charge in [0.25, 0.3) is 0 Å². The molecule has 24 heavy (non-hydrogen) atoms. The lowest BCUT2D eigenvalue weighted by atomic mass is 10.1. The standard InChI is InChI=1S/C17H24FN5O/c1-19-17(21-9-7-16(24)23(2)3)20-8-6-12-11-22-15-5-4-13(18)10-14(12)15/h4-5,10-11,22H,6-9H2,1-3H3,(H2,19,20,21). The Morgan fingerprint density at radius 1 is 1.29 bits per heavy atom. The third kappa shape index (κ3) is 4.71. The fourth-order valence-electron chi connectivity index (χ4n) is 2.41. The maximum atomic E-state index is 13.4. The third-order valence-electron chi connectivity index (χ3n) is 3.77. The van der Waals surface area contributed by atoms with Gasteiger partial charge >= 0.3 is 0 Å². The molecule has 130 valence electrons. The van der Waals surface area contributed by atoms with Gasteiger partial charge in [-0.25, -0.2) is 4.39 Å². The molecular weight excluding hydrogens is 309 g/mol. The predicted octanol–water partition coefficient (Wildman–Crippen LogP) is 1.49. The zero-order chi connectivity index (χ0) is 17.5. The lowest BCUT2D eigenvalue weighted by Crippen LogP contribution is -2.40. The van der Waals surface area contributed by atoms with Crippen LogP contribution in [0, 0.1) is 5.82 Å². The number of guanidine groups is 1. The van der Waals surface area contributed by atoms with Gasteiger partial charge in [0.2, 0.25) is 5.91 Å². The van der Waals surface area contributed by atoms with E-state index in [4.69, 9.17) is 0 Å². The van der Waals surface area contributed by atoms with E-state index in [0.717, 1.165) is 22.9 Å². The molecule has 1 aromatic carbocycles. The molecule has 0 bridgehead atoms. The minimum absolute atomic E-state index is 0.0683. The van der Waals surface area contributed by atoms with Crippen LogP contribution in [0.3, 0.4) is 0 Å². The number of amides is 1. The van der Waals surface area contributed by atoms with Crippen LogP contribution < -0.4 is 10.6 Å². The minimum atomic E-state index is -0.237. The van der Waals surface area contributed by atoms with Crippen molar-refractivity contribution in [3.63, 3.8) is 0 Å². The third-order valence-corrected chi connectivity index (χ3v) is 3.77. The Morgan fingerprint density at radius 3 is 2.75 bits per heavy atom. The number of aromatic amines is 1. The first kappa shape index (κ1) is 17.8. The van der Waals surface area contributed by atoms with Crippen molar-refractivity contribution in [1.29, 1.82) is 0 Å². The van der Waals surface area contributed by atoms with Crippen LogP contribution in [0.15, 0.2) is 29.4 Å². The number of aliphatic imine (C=N–C) groups is 1. The number of hydrogen-bond donors (Lipinski definition) is 3. The van der Waals surface area contributed by atoms with Gasteiger partial charge in [0.1, 0.15) is 5.82 Å². The summed E-state index contributed by atoms with van der Waals surface area (Å²) in [4.78, 5) is 20.4. The number of halogens is 1. The molecule has 0 radical (unpaired) electrons. The summed E-state index contributed by atoms with van der Waals surface area (Å²) in [7, 11) is 5.16. The van der Waals surface area contributed by atoms with Gasteiger partial charge in [0.15, 0.2) is 5.96 Å². The van der Waals surface area contributed by atoms with Crippen molar-refractivity contribution in [3.05, 3.63) is 35.8 Å². The van der Waals surface area contributed by atoms with Crippen LogP contribution in [-0.4, -0.2) is 56.0 Å². The molecular formula is C17H24FN5O. The topological polar surface area (TPSA) is 72.5 Å². The van der Waals surface area contributed by atoms with E-state index in [9.17, 15) is 9.18 Å². The van der Waals surface area contributed by atoms with Crippen LogP contribution in [0.5, 0.6) is 0 Å². The van der Waals surface area contributed by atoms with Crippen molar-refractivity contribution in [1.82, 2.24) is 20.5 Å². The second-order valence-corrected chi connectivity index (χ2v) is 5.72. The average molecular weight is 333 g/mol. The lowest BCUT2D eigenvalue weighted by molar-refractivity contribution is -0.128. The van der Waals surface area contributed by atoms with Crippen LogP contribution in [0.1, 0.15) is 12.0 Å². The highest BCUT2D eigenvalue weighted by molar-refractivity contribution is 5.83. The summed E-state index contributed by atoms with van der Waals surface area (Å²) in [6.07, 6.45) is 3.05. The van der Waals surface area contributed by atoms with E-state index in [2.05, 4.69) is 20.6 Å². The highest BCUT2D eigenvalue weighted by Crippen LogP contribution is 2.19. The summed E-state index contributed by atoms with van der Waals surface area (Å²) in [5.74, 6) is 0.477. The van der Waals surface area contributed by atoms with Gasteiger partial charge in [-0.2, -0.15) is 0 Å².